The summed E-state index contributed by atoms with van der Waals surface area (Å²) in [5.41, 5.74) is 4.20. The van der Waals surface area contributed by atoms with Gasteiger partial charge in [0.15, 0.2) is 0 Å². The van der Waals surface area contributed by atoms with Crippen LogP contribution in [0.3, 0.4) is 0 Å². The van der Waals surface area contributed by atoms with E-state index in [1.54, 1.807) is 0 Å². The van der Waals surface area contributed by atoms with Gasteiger partial charge in [-0.1, -0.05) is 67.1 Å². The molecule has 35 heavy (non-hydrogen) atoms. The highest BCUT2D eigenvalue weighted by molar-refractivity contribution is 5.93. The minimum absolute atomic E-state index is 0.240. The molecule has 2 aromatic carbocycles. The van der Waals surface area contributed by atoms with Gasteiger partial charge in [-0.25, -0.2) is 0 Å². The summed E-state index contributed by atoms with van der Waals surface area (Å²) in [5.74, 6) is -1.17. The zero-order valence-corrected chi connectivity index (χ0v) is 20.5. The van der Waals surface area contributed by atoms with Gasteiger partial charge in [0.1, 0.15) is 5.41 Å². The van der Waals surface area contributed by atoms with Crippen molar-refractivity contribution in [1.82, 2.24) is 9.88 Å². The largest absolute Gasteiger partial charge is 0.469 e. The number of rotatable bonds is 5. The lowest BCUT2D eigenvalue weighted by atomic mass is 9.63. The number of hydrogen-bond donors (Lipinski definition) is 1. The Morgan fingerprint density at radius 2 is 1.80 bits per heavy atom. The van der Waals surface area contributed by atoms with Crippen LogP contribution in [0.4, 0.5) is 0 Å². The molecule has 1 aliphatic heterocycles. The average molecular weight is 473 g/mol. The van der Waals surface area contributed by atoms with E-state index in [4.69, 9.17) is 9.47 Å². The molecule has 5 rings (SSSR count). The van der Waals surface area contributed by atoms with Gasteiger partial charge in [0.2, 0.25) is 0 Å². The van der Waals surface area contributed by atoms with E-state index < -0.39 is 11.3 Å². The maximum Gasteiger partial charge on any atom is 0.319 e. The second kappa shape index (κ2) is 9.34. The smallest absolute Gasteiger partial charge is 0.319 e. The molecule has 6 heteroatoms. The van der Waals surface area contributed by atoms with Gasteiger partial charge in [0.25, 0.3) is 0 Å². The molecule has 1 aliphatic carbocycles. The molecule has 0 bridgehead atoms. The number of aromatic amines is 1. The fraction of sp³-hybridized carbons (Fsp3) is 0.379. The second-order valence-electron chi connectivity index (χ2n) is 9.52. The number of benzene rings is 2. The summed E-state index contributed by atoms with van der Waals surface area (Å²) in [6.07, 6.45) is 3.84. The molecule has 3 atom stereocenters. The van der Waals surface area contributed by atoms with E-state index >= 15 is 0 Å². The fourth-order valence-corrected chi connectivity index (χ4v) is 6.27. The number of esters is 2. The fourth-order valence-electron chi connectivity index (χ4n) is 6.27. The van der Waals surface area contributed by atoms with Crippen LogP contribution in [0, 0.1) is 5.92 Å². The van der Waals surface area contributed by atoms with Crippen LogP contribution in [0.1, 0.15) is 36.6 Å². The van der Waals surface area contributed by atoms with E-state index in [1.807, 2.05) is 42.5 Å². The number of aromatic nitrogens is 1. The molecule has 3 aromatic rings. The summed E-state index contributed by atoms with van der Waals surface area (Å²) in [6.45, 7) is 3.57. The monoisotopic (exact) mass is 472 g/mol. The first kappa shape index (κ1) is 23.4. The highest BCUT2D eigenvalue weighted by atomic mass is 16.5. The van der Waals surface area contributed by atoms with Crippen molar-refractivity contribution in [2.24, 2.45) is 5.92 Å². The Kier molecular flexibility index (Phi) is 6.24. The van der Waals surface area contributed by atoms with Gasteiger partial charge in [-0.15, -0.1) is 0 Å². The Balaban J connectivity index is 1.77. The molecule has 0 spiro atoms. The minimum atomic E-state index is -1.06. The van der Waals surface area contributed by atoms with Gasteiger partial charge < -0.3 is 14.5 Å². The number of ether oxygens (including phenoxy) is 2. The number of H-pyrrole nitrogens is 1. The number of nitrogens with one attached hydrogen (secondary N) is 1. The van der Waals surface area contributed by atoms with E-state index in [2.05, 4.69) is 35.0 Å². The van der Waals surface area contributed by atoms with Crippen LogP contribution in [-0.4, -0.2) is 48.6 Å². The quantitative estimate of drug-likeness (QED) is 0.436. The van der Waals surface area contributed by atoms with Gasteiger partial charge in [-0.3, -0.25) is 14.5 Å². The number of methoxy groups -OCH3 is 2. The van der Waals surface area contributed by atoms with Crippen molar-refractivity contribution in [2.45, 2.75) is 44.2 Å². The zero-order valence-electron chi connectivity index (χ0n) is 20.5. The van der Waals surface area contributed by atoms with Crippen molar-refractivity contribution in [3.8, 4) is 0 Å². The van der Waals surface area contributed by atoms with E-state index in [9.17, 15) is 9.59 Å². The average Bonchev–Trinajstić information content (AvgIpc) is 3.22. The predicted molar refractivity (Wildman–Crippen MR) is 135 cm³/mol. The van der Waals surface area contributed by atoms with E-state index in [1.165, 1.54) is 19.8 Å². The molecule has 1 N–H and O–H groups in total. The highest BCUT2D eigenvalue weighted by Gasteiger charge is 2.58. The molecule has 6 nitrogen and oxygen atoms in total. The third kappa shape index (κ3) is 3.76. The lowest BCUT2D eigenvalue weighted by Crippen LogP contribution is -2.58. The Bertz CT molecular complexity index is 1280. The maximum atomic E-state index is 14.0. The van der Waals surface area contributed by atoms with Crippen LogP contribution in [0.25, 0.3) is 10.9 Å². The van der Waals surface area contributed by atoms with E-state index in [0.29, 0.717) is 13.0 Å². The Hall–Kier alpha value is -3.38. The summed E-state index contributed by atoms with van der Waals surface area (Å²) >= 11 is 0. The third-order valence-corrected chi connectivity index (χ3v) is 7.74. The predicted octanol–water partition coefficient (Wildman–Crippen LogP) is 4.53. The highest BCUT2D eigenvalue weighted by Crippen LogP contribution is 2.50. The van der Waals surface area contributed by atoms with Gasteiger partial charge in [0, 0.05) is 29.7 Å². The first-order chi connectivity index (χ1) is 17.0. The van der Waals surface area contributed by atoms with Gasteiger partial charge in [-0.05, 0) is 36.5 Å². The topological polar surface area (TPSA) is 71.6 Å². The molecule has 2 aliphatic rings. The summed E-state index contributed by atoms with van der Waals surface area (Å²) < 4.78 is 10.7. The number of para-hydroxylation sites is 1. The Labute approximate surface area is 205 Å². The second-order valence-corrected chi connectivity index (χ2v) is 9.52. The number of carbonyl (C=O) groups excluding carboxylic acids is 2. The van der Waals surface area contributed by atoms with E-state index in [0.717, 1.165) is 47.1 Å². The van der Waals surface area contributed by atoms with Crippen molar-refractivity contribution in [2.75, 3.05) is 20.8 Å². The summed E-state index contributed by atoms with van der Waals surface area (Å²) in [5, 5.41) is 1.12. The van der Waals surface area contributed by atoms with Crippen LogP contribution < -0.4 is 0 Å². The first-order valence-electron chi connectivity index (χ1n) is 12.3. The molecule has 0 amide bonds. The number of carbonyl (C=O) groups is 2. The van der Waals surface area contributed by atoms with Crippen LogP contribution in [0.5, 0.6) is 0 Å². The van der Waals surface area contributed by atoms with Gasteiger partial charge in [-0.2, -0.15) is 0 Å². The Morgan fingerprint density at radius 1 is 1.06 bits per heavy atom. The summed E-state index contributed by atoms with van der Waals surface area (Å²) in [7, 11) is 2.85. The lowest BCUT2D eigenvalue weighted by molar-refractivity contribution is -0.154. The molecule has 182 valence electrons. The van der Waals surface area contributed by atoms with Crippen molar-refractivity contribution < 1.29 is 19.1 Å². The summed E-state index contributed by atoms with van der Waals surface area (Å²) in [6, 6.07) is 18.3. The molecule has 0 unspecified atom stereocenters. The Morgan fingerprint density at radius 3 is 2.51 bits per heavy atom. The molecule has 1 aromatic heterocycles. The minimum Gasteiger partial charge on any atom is -0.469 e. The zero-order chi connectivity index (χ0) is 24.6. The van der Waals surface area contributed by atoms with Crippen molar-refractivity contribution in [1.29, 1.82) is 0 Å². The van der Waals surface area contributed by atoms with Crippen LogP contribution >= 0.6 is 0 Å². The van der Waals surface area contributed by atoms with Crippen LogP contribution in [0.2, 0.25) is 0 Å². The van der Waals surface area contributed by atoms with Crippen molar-refractivity contribution in [3.63, 3.8) is 0 Å². The molecule has 0 saturated carbocycles. The molecule has 2 heterocycles. The van der Waals surface area contributed by atoms with Crippen LogP contribution in [-0.2, 0) is 37.4 Å². The number of nitrogens with zero attached hydrogens (tertiary/aromatic N) is 1. The van der Waals surface area contributed by atoms with Crippen molar-refractivity contribution in [3.05, 3.63) is 83.1 Å². The molecule has 0 radical (unpaired) electrons. The first-order valence-corrected chi connectivity index (χ1v) is 12.3. The molecular formula is C29H32N2O4. The molecule has 0 saturated heterocycles. The third-order valence-electron chi connectivity index (χ3n) is 7.74. The molecule has 0 fully saturated rings. The van der Waals surface area contributed by atoms with E-state index in [-0.39, 0.29) is 18.0 Å². The SMILES string of the molecule is CCC1=C[C@H](C(=O)OC)C[C@]2(C(=O)OC)c3[nH]c4ccccc4c3CCN(Cc3ccccc3)[C@H]12. The normalized spacial score (nSPS) is 24.1. The van der Waals surface area contributed by atoms with Gasteiger partial charge >= 0.3 is 11.9 Å². The number of fused-ring (bicyclic) bond motifs is 5. The maximum absolute atomic E-state index is 14.0. The summed E-state index contributed by atoms with van der Waals surface area (Å²) in [4.78, 5) is 32.9. The standard InChI is InChI=1S/C29H32N2O4/c1-4-20-16-21(27(32)34-2)17-29(28(33)35-3)25-23(22-12-8-9-13-24(22)30-25)14-15-31(26(20)29)18-19-10-6-5-7-11-19/h5-13,16,21,26,30H,4,14-15,17-18H2,1-3H3/t21-,26+,29-/m0/s1. The van der Waals surface area contributed by atoms with Gasteiger partial charge in [0.05, 0.1) is 26.2 Å². The lowest BCUT2D eigenvalue weighted by Gasteiger charge is -2.47. The number of hydrogen-bond acceptors (Lipinski definition) is 5. The van der Waals surface area contributed by atoms with Crippen LogP contribution in [0.15, 0.2) is 66.2 Å². The molecular weight excluding hydrogens is 440 g/mol. The van der Waals surface area contributed by atoms with Crippen molar-refractivity contribution >= 4 is 22.8 Å².